The standard InChI is InChI=1S/C9H10FNO2S/c10-8-4-9-6(1-2-11-9)3-7(8)5-14(12)13/h3-4,11,14H,1-2,5H2. The first-order chi connectivity index (χ1) is 6.66. The fourth-order valence-corrected chi connectivity index (χ4v) is 2.15. The summed E-state index contributed by atoms with van der Waals surface area (Å²) in [6.07, 6.45) is 0.832. The van der Waals surface area contributed by atoms with E-state index in [9.17, 15) is 12.8 Å². The van der Waals surface area contributed by atoms with Crippen LogP contribution in [0.4, 0.5) is 10.1 Å². The summed E-state index contributed by atoms with van der Waals surface area (Å²) >= 11 is 0. The van der Waals surface area contributed by atoms with Crippen molar-refractivity contribution in [2.24, 2.45) is 0 Å². The molecule has 0 bridgehead atoms. The lowest BCUT2D eigenvalue weighted by atomic mass is 10.1. The van der Waals surface area contributed by atoms with Crippen molar-refractivity contribution in [2.45, 2.75) is 12.2 Å². The van der Waals surface area contributed by atoms with Crippen LogP contribution in [0.3, 0.4) is 0 Å². The van der Waals surface area contributed by atoms with Crippen LogP contribution in [0.5, 0.6) is 0 Å². The van der Waals surface area contributed by atoms with Gasteiger partial charge in [-0.3, -0.25) is 0 Å². The summed E-state index contributed by atoms with van der Waals surface area (Å²) in [6.45, 7) is 0.793. The predicted octanol–water partition coefficient (Wildman–Crippen LogP) is 0.905. The molecule has 0 aliphatic carbocycles. The second-order valence-electron chi connectivity index (χ2n) is 3.27. The molecule has 0 saturated heterocycles. The smallest absolute Gasteiger partial charge is 0.144 e. The Hall–Kier alpha value is -1.10. The van der Waals surface area contributed by atoms with E-state index in [1.54, 1.807) is 6.07 Å². The van der Waals surface area contributed by atoms with Gasteiger partial charge >= 0.3 is 0 Å². The number of fused-ring (bicyclic) bond motifs is 1. The normalized spacial score (nSPS) is 14.1. The van der Waals surface area contributed by atoms with E-state index in [4.69, 9.17) is 0 Å². The number of anilines is 1. The summed E-state index contributed by atoms with van der Waals surface area (Å²) < 4.78 is 34.2. The topological polar surface area (TPSA) is 46.2 Å². The zero-order valence-corrected chi connectivity index (χ0v) is 8.31. The largest absolute Gasteiger partial charge is 0.384 e. The summed E-state index contributed by atoms with van der Waals surface area (Å²) in [5, 5.41) is 3.03. The van der Waals surface area contributed by atoms with Gasteiger partial charge in [0, 0.05) is 17.8 Å². The molecular formula is C9H10FNO2S. The Labute approximate surface area is 82.9 Å². The number of benzene rings is 1. The van der Waals surface area contributed by atoms with Crippen LogP contribution in [0.25, 0.3) is 0 Å². The fourth-order valence-electron chi connectivity index (χ4n) is 1.63. The van der Waals surface area contributed by atoms with Gasteiger partial charge in [-0.15, -0.1) is 0 Å². The first-order valence-corrected chi connectivity index (χ1v) is 5.70. The Morgan fingerprint density at radius 1 is 1.43 bits per heavy atom. The van der Waals surface area contributed by atoms with Gasteiger partial charge in [0.1, 0.15) is 16.5 Å². The average molecular weight is 215 g/mol. The highest BCUT2D eigenvalue weighted by atomic mass is 32.2. The van der Waals surface area contributed by atoms with Crippen LogP contribution in [0.1, 0.15) is 11.1 Å². The van der Waals surface area contributed by atoms with Crippen molar-refractivity contribution in [2.75, 3.05) is 11.9 Å². The molecule has 1 aromatic rings. The van der Waals surface area contributed by atoms with Gasteiger partial charge in [0.05, 0.1) is 5.75 Å². The molecule has 0 atom stereocenters. The van der Waals surface area contributed by atoms with Crippen LogP contribution < -0.4 is 5.32 Å². The van der Waals surface area contributed by atoms with Crippen molar-refractivity contribution < 1.29 is 12.8 Å². The van der Waals surface area contributed by atoms with E-state index in [-0.39, 0.29) is 11.3 Å². The van der Waals surface area contributed by atoms with Gasteiger partial charge < -0.3 is 5.32 Å². The molecule has 76 valence electrons. The lowest BCUT2D eigenvalue weighted by Crippen LogP contribution is -1.95. The van der Waals surface area contributed by atoms with E-state index < -0.39 is 16.5 Å². The Kier molecular flexibility index (Phi) is 2.41. The van der Waals surface area contributed by atoms with Crippen molar-refractivity contribution >= 4 is 16.4 Å². The quantitative estimate of drug-likeness (QED) is 0.721. The third-order valence-electron chi connectivity index (χ3n) is 2.28. The number of thiol groups is 1. The predicted molar refractivity (Wildman–Crippen MR) is 52.6 cm³/mol. The van der Waals surface area contributed by atoms with Gasteiger partial charge in [-0.25, -0.2) is 12.8 Å². The average Bonchev–Trinajstić information content (AvgIpc) is 2.51. The number of rotatable bonds is 2. The second kappa shape index (κ2) is 3.57. The third kappa shape index (κ3) is 1.72. The van der Waals surface area contributed by atoms with Gasteiger partial charge in [-0.1, -0.05) is 0 Å². The highest BCUT2D eigenvalue weighted by Gasteiger charge is 2.14. The molecule has 0 unspecified atom stereocenters. The number of halogens is 1. The van der Waals surface area contributed by atoms with Crippen molar-refractivity contribution in [3.63, 3.8) is 0 Å². The minimum Gasteiger partial charge on any atom is -0.384 e. The molecule has 1 N–H and O–H groups in total. The van der Waals surface area contributed by atoms with E-state index in [1.807, 2.05) is 0 Å². The first kappa shape index (κ1) is 9.45. The fraction of sp³-hybridized carbons (Fsp3) is 0.333. The molecule has 1 heterocycles. The summed E-state index contributed by atoms with van der Waals surface area (Å²) in [6, 6.07) is 3.01. The Morgan fingerprint density at radius 3 is 2.93 bits per heavy atom. The Morgan fingerprint density at radius 2 is 2.21 bits per heavy atom. The molecule has 5 heteroatoms. The molecule has 1 aromatic carbocycles. The maximum atomic E-state index is 13.3. The highest BCUT2D eigenvalue weighted by Crippen LogP contribution is 2.25. The maximum absolute atomic E-state index is 13.3. The van der Waals surface area contributed by atoms with Crippen LogP contribution in [-0.4, -0.2) is 15.0 Å². The molecule has 2 rings (SSSR count). The lowest BCUT2D eigenvalue weighted by molar-refractivity contribution is 0.601. The minimum absolute atomic E-state index is 0.214. The molecule has 1 aliphatic heterocycles. The van der Waals surface area contributed by atoms with Crippen LogP contribution in [0.2, 0.25) is 0 Å². The lowest BCUT2D eigenvalue weighted by Gasteiger charge is -2.03. The minimum atomic E-state index is -2.56. The van der Waals surface area contributed by atoms with Crippen molar-refractivity contribution in [1.29, 1.82) is 0 Å². The molecule has 3 nitrogen and oxygen atoms in total. The number of nitrogens with one attached hydrogen (secondary N) is 1. The zero-order chi connectivity index (χ0) is 10.1. The molecule has 0 amide bonds. The molecular weight excluding hydrogens is 205 g/mol. The van der Waals surface area contributed by atoms with Crippen molar-refractivity contribution in [1.82, 2.24) is 0 Å². The van der Waals surface area contributed by atoms with Crippen LogP contribution in [0, 0.1) is 5.82 Å². The summed E-state index contributed by atoms with van der Waals surface area (Å²) in [5.41, 5.74) is 2.05. The monoisotopic (exact) mass is 215 g/mol. The van der Waals surface area contributed by atoms with E-state index in [0.717, 1.165) is 24.2 Å². The van der Waals surface area contributed by atoms with Crippen LogP contribution in [0.15, 0.2) is 12.1 Å². The highest BCUT2D eigenvalue weighted by molar-refractivity contribution is 7.71. The Balaban J connectivity index is 2.42. The molecule has 1 aliphatic rings. The van der Waals surface area contributed by atoms with Gasteiger partial charge in [-0.2, -0.15) is 0 Å². The van der Waals surface area contributed by atoms with E-state index in [1.165, 1.54) is 6.07 Å². The maximum Gasteiger partial charge on any atom is 0.144 e. The molecule has 0 fully saturated rings. The van der Waals surface area contributed by atoms with Crippen LogP contribution in [-0.2, 0) is 22.9 Å². The summed E-state index contributed by atoms with van der Waals surface area (Å²) in [5.74, 6) is -0.661. The molecule has 14 heavy (non-hydrogen) atoms. The molecule has 0 radical (unpaired) electrons. The number of hydrogen-bond acceptors (Lipinski definition) is 3. The number of hydrogen-bond donors (Lipinski definition) is 2. The zero-order valence-electron chi connectivity index (χ0n) is 7.42. The van der Waals surface area contributed by atoms with Gasteiger partial charge in [0.25, 0.3) is 0 Å². The van der Waals surface area contributed by atoms with Crippen LogP contribution >= 0.6 is 0 Å². The SMILES string of the molecule is O=[SH](=O)Cc1cc2c(cc1F)NCC2. The third-order valence-corrected chi connectivity index (χ3v) is 2.88. The summed E-state index contributed by atoms with van der Waals surface area (Å²) in [7, 11) is -2.56. The molecule has 0 saturated carbocycles. The first-order valence-electron chi connectivity index (χ1n) is 4.34. The summed E-state index contributed by atoms with van der Waals surface area (Å²) in [4.78, 5) is 0. The Bertz CT molecular complexity index is 435. The second-order valence-corrected chi connectivity index (χ2v) is 4.25. The van der Waals surface area contributed by atoms with Gasteiger partial charge in [0.15, 0.2) is 0 Å². The van der Waals surface area contributed by atoms with E-state index >= 15 is 0 Å². The molecule has 0 spiro atoms. The van der Waals surface area contributed by atoms with E-state index in [0.29, 0.717) is 0 Å². The van der Waals surface area contributed by atoms with Gasteiger partial charge in [-0.05, 0) is 24.1 Å². The van der Waals surface area contributed by atoms with Crippen molar-refractivity contribution in [3.05, 3.63) is 29.1 Å². The van der Waals surface area contributed by atoms with Gasteiger partial charge in [0.2, 0.25) is 0 Å². The van der Waals surface area contributed by atoms with E-state index in [2.05, 4.69) is 5.32 Å². The molecule has 0 aromatic heterocycles. The van der Waals surface area contributed by atoms with Crippen molar-refractivity contribution in [3.8, 4) is 0 Å².